The zero-order chi connectivity index (χ0) is 17.9. The summed E-state index contributed by atoms with van der Waals surface area (Å²) in [6, 6.07) is 16.9. The maximum Gasteiger partial charge on any atom is 0.414 e. The molecule has 1 aromatic heterocycles. The fraction of sp³-hybridized carbons (Fsp3) is 0.105. The smallest absolute Gasteiger partial charge is 0.414 e. The third-order valence-corrected chi connectivity index (χ3v) is 4.97. The Morgan fingerprint density at radius 3 is 2.77 bits per heavy atom. The minimum atomic E-state index is -0.372. The number of benzene rings is 2. The quantitative estimate of drug-likeness (QED) is 0.758. The lowest BCUT2D eigenvalue weighted by atomic mass is 10.2. The Kier molecular flexibility index (Phi) is 4.37. The number of thiazole rings is 1. The second-order valence-electron chi connectivity index (χ2n) is 5.67. The number of nitrogens with one attached hydrogen (secondary N) is 1. The first-order valence-corrected chi connectivity index (χ1v) is 8.89. The summed E-state index contributed by atoms with van der Waals surface area (Å²) in [6.07, 6.45) is 1.20. The number of ether oxygens (including phenoxy) is 1. The van der Waals surface area contributed by atoms with Gasteiger partial charge in [-0.3, -0.25) is 9.69 Å². The third kappa shape index (κ3) is 3.29. The van der Waals surface area contributed by atoms with Gasteiger partial charge in [0.25, 0.3) is 5.91 Å². The van der Waals surface area contributed by atoms with Gasteiger partial charge in [-0.15, -0.1) is 11.3 Å². The Bertz CT molecular complexity index is 955. The van der Waals surface area contributed by atoms with Crippen molar-refractivity contribution in [2.24, 2.45) is 0 Å². The average molecular weight is 365 g/mol. The van der Waals surface area contributed by atoms with Crippen LogP contribution in [0.5, 0.6) is 0 Å². The van der Waals surface area contributed by atoms with Crippen molar-refractivity contribution >= 4 is 34.7 Å². The number of carbonyl (C=O) groups excluding carboxylic acids is 2. The molecule has 0 atom stereocenters. The van der Waals surface area contributed by atoms with E-state index in [-0.39, 0.29) is 12.0 Å². The SMILES string of the molecule is O=C(Nc1cccc(N2CCOC2=O)c1)c1cnc(-c2ccccc2)s1. The Morgan fingerprint density at radius 1 is 1.15 bits per heavy atom. The molecule has 2 heterocycles. The van der Waals surface area contributed by atoms with Crippen LogP contribution in [0.4, 0.5) is 16.2 Å². The normalized spacial score (nSPS) is 13.5. The monoisotopic (exact) mass is 365 g/mol. The number of hydrogen-bond donors (Lipinski definition) is 1. The largest absolute Gasteiger partial charge is 0.447 e. The van der Waals surface area contributed by atoms with Crippen molar-refractivity contribution in [3.05, 3.63) is 65.7 Å². The molecule has 1 aliphatic heterocycles. The van der Waals surface area contributed by atoms with Crippen LogP contribution in [0.3, 0.4) is 0 Å². The van der Waals surface area contributed by atoms with E-state index in [1.165, 1.54) is 16.2 Å². The standard InChI is InChI=1S/C19H15N3O3S/c23-17(16-12-20-18(26-16)13-5-2-1-3-6-13)21-14-7-4-8-15(11-14)22-9-10-25-19(22)24/h1-8,11-12H,9-10H2,(H,21,23). The van der Waals surface area contributed by atoms with E-state index in [2.05, 4.69) is 10.3 Å². The topological polar surface area (TPSA) is 71.5 Å². The summed E-state index contributed by atoms with van der Waals surface area (Å²) in [5.74, 6) is -0.231. The predicted octanol–water partition coefficient (Wildman–Crippen LogP) is 4.02. The van der Waals surface area contributed by atoms with Crippen LogP contribution < -0.4 is 10.2 Å². The van der Waals surface area contributed by atoms with Gasteiger partial charge in [0.15, 0.2) is 0 Å². The van der Waals surface area contributed by atoms with Gasteiger partial charge in [-0.05, 0) is 18.2 Å². The first-order valence-electron chi connectivity index (χ1n) is 8.08. The number of amides is 2. The fourth-order valence-electron chi connectivity index (χ4n) is 2.67. The highest BCUT2D eigenvalue weighted by molar-refractivity contribution is 7.17. The maximum atomic E-state index is 12.5. The lowest BCUT2D eigenvalue weighted by Gasteiger charge is -2.14. The zero-order valence-corrected chi connectivity index (χ0v) is 14.5. The number of rotatable bonds is 4. The van der Waals surface area contributed by atoms with Crippen LogP contribution in [-0.2, 0) is 4.74 Å². The van der Waals surface area contributed by atoms with Crippen LogP contribution in [0, 0.1) is 0 Å². The molecule has 1 N–H and O–H groups in total. The summed E-state index contributed by atoms with van der Waals surface area (Å²) in [4.78, 5) is 30.6. The lowest BCUT2D eigenvalue weighted by molar-refractivity contribution is 0.103. The van der Waals surface area contributed by atoms with Crippen molar-refractivity contribution in [2.75, 3.05) is 23.4 Å². The highest BCUT2D eigenvalue weighted by Crippen LogP contribution is 2.26. The predicted molar refractivity (Wildman–Crippen MR) is 101 cm³/mol. The van der Waals surface area contributed by atoms with Gasteiger partial charge in [-0.25, -0.2) is 9.78 Å². The summed E-state index contributed by atoms with van der Waals surface area (Å²) in [5, 5.41) is 3.65. The van der Waals surface area contributed by atoms with Gasteiger partial charge >= 0.3 is 6.09 Å². The minimum absolute atomic E-state index is 0.231. The van der Waals surface area contributed by atoms with Gasteiger partial charge in [0.1, 0.15) is 16.5 Å². The molecule has 7 heteroatoms. The second-order valence-corrected chi connectivity index (χ2v) is 6.70. The average Bonchev–Trinajstić information content (AvgIpc) is 3.32. The molecular weight excluding hydrogens is 350 g/mol. The van der Waals surface area contributed by atoms with E-state index in [1.807, 2.05) is 36.4 Å². The number of carbonyl (C=O) groups is 2. The summed E-state index contributed by atoms with van der Waals surface area (Å²) in [6.45, 7) is 0.879. The van der Waals surface area contributed by atoms with Gasteiger partial charge in [0.2, 0.25) is 0 Å². The van der Waals surface area contributed by atoms with Crippen LogP contribution in [0.1, 0.15) is 9.67 Å². The van der Waals surface area contributed by atoms with E-state index < -0.39 is 0 Å². The molecule has 4 rings (SSSR count). The molecule has 1 saturated heterocycles. The highest BCUT2D eigenvalue weighted by atomic mass is 32.1. The van der Waals surface area contributed by atoms with Gasteiger partial charge in [-0.2, -0.15) is 0 Å². The van der Waals surface area contributed by atoms with Crippen molar-refractivity contribution in [3.63, 3.8) is 0 Å². The molecule has 0 bridgehead atoms. The molecular formula is C19H15N3O3S. The number of nitrogens with zero attached hydrogens (tertiary/aromatic N) is 2. The lowest BCUT2D eigenvalue weighted by Crippen LogP contribution is -2.23. The van der Waals surface area contributed by atoms with Crippen LogP contribution in [0.15, 0.2) is 60.8 Å². The van der Waals surface area contributed by atoms with Crippen LogP contribution in [0.2, 0.25) is 0 Å². The number of anilines is 2. The van der Waals surface area contributed by atoms with Crippen LogP contribution >= 0.6 is 11.3 Å². The van der Waals surface area contributed by atoms with Crippen molar-refractivity contribution in [1.29, 1.82) is 0 Å². The Morgan fingerprint density at radius 2 is 2.00 bits per heavy atom. The van der Waals surface area contributed by atoms with E-state index in [1.54, 1.807) is 24.4 Å². The molecule has 1 aliphatic rings. The summed E-state index contributed by atoms with van der Waals surface area (Å²) in [7, 11) is 0. The highest BCUT2D eigenvalue weighted by Gasteiger charge is 2.23. The summed E-state index contributed by atoms with van der Waals surface area (Å²) in [5.41, 5.74) is 2.28. The molecule has 0 radical (unpaired) electrons. The van der Waals surface area contributed by atoms with Gasteiger partial charge in [0.05, 0.1) is 12.7 Å². The van der Waals surface area contributed by atoms with Gasteiger partial charge in [0, 0.05) is 16.9 Å². The fourth-order valence-corrected chi connectivity index (χ4v) is 3.48. The Hall–Kier alpha value is -3.19. The Labute approximate surface area is 154 Å². The number of aromatic nitrogens is 1. The second kappa shape index (κ2) is 6.97. The zero-order valence-electron chi connectivity index (χ0n) is 13.7. The number of hydrogen-bond acceptors (Lipinski definition) is 5. The molecule has 0 spiro atoms. The Balaban J connectivity index is 1.50. The molecule has 2 amide bonds. The first-order chi connectivity index (χ1) is 12.7. The van der Waals surface area contributed by atoms with Crippen molar-refractivity contribution in [1.82, 2.24) is 4.98 Å². The van der Waals surface area contributed by atoms with Gasteiger partial charge in [-0.1, -0.05) is 36.4 Å². The van der Waals surface area contributed by atoms with E-state index in [0.29, 0.717) is 29.4 Å². The molecule has 3 aromatic rings. The first kappa shape index (κ1) is 16.3. The maximum absolute atomic E-state index is 12.5. The molecule has 130 valence electrons. The van der Waals surface area contributed by atoms with Crippen LogP contribution in [0.25, 0.3) is 10.6 Å². The number of cyclic esters (lactones) is 1. The molecule has 0 unspecified atom stereocenters. The summed E-state index contributed by atoms with van der Waals surface area (Å²) < 4.78 is 4.95. The molecule has 0 saturated carbocycles. The van der Waals surface area contributed by atoms with E-state index >= 15 is 0 Å². The van der Waals surface area contributed by atoms with E-state index in [9.17, 15) is 9.59 Å². The molecule has 2 aromatic carbocycles. The van der Waals surface area contributed by atoms with Crippen molar-refractivity contribution < 1.29 is 14.3 Å². The van der Waals surface area contributed by atoms with Crippen molar-refractivity contribution in [2.45, 2.75) is 0 Å². The molecule has 26 heavy (non-hydrogen) atoms. The minimum Gasteiger partial charge on any atom is -0.447 e. The van der Waals surface area contributed by atoms with Gasteiger partial charge < -0.3 is 10.1 Å². The third-order valence-electron chi connectivity index (χ3n) is 3.93. The van der Waals surface area contributed by atoms with Crippen LogP contribution in [-0.4, -0.2) is 30.1 Å². The van der Waals surface area contributed by atoms with Crippen molar-refractivity contribution in [3.8, 4) is 10.6 Å². The van der Waals surface area contributed by atoms with E-state index in [0.717, 1.165) is 10.6 Å². The summed E-state index contributed by atoms with van der Waals surface area (Å²) >= 11 is 1.34. The molecule has 6 nitrogen and oxygen atoms in total. The molecule has 0 aliphatic carbocycles. The molecule has 1 fully saturated rings. The van der Waals surface area contributed by atoms with E-state index in [4.69, 9.17) is 4.74 Å².